The number of hydrogen-bond donors (Lipinski definition) is 3. The Morgan fingerprint density at radius 1 is 1.08 bits per heavy atom. The predicted molar refractivity (Wildman–Crippen MR) is 97.5 cm³/mol. The van der Waals surface area contributed by atoms with Crippen LogP contribution < -0.4 is 10.6 Å². The fourth-order valence-electron chi connectivity index (χ4n) is 2.35. The summed E-state index contributed by atoms with van der Waals surface area (Å²) in [7, 11) is 0. The van der Waals surface area contributed by atoms with Gasteiger partial charge in [-0.15, -0.1) is 0 Å². The maximum atomic E-state index is 11.7. The first-order chi connectivity index (χ1) is 11.7. The quantitative estimate of drug-likeness (QED) is 0.637. The van der Waals surface area contributed by atoms with Gasteiger partial charge >= 0.3 is 6.09 Å². The van der Waals surface area contributed by atoms with Gasteiger partial charge in [-0.1, -0.05) is 48.5 Å². The predicted octanol–water partition coefficient (Wildman–Crippen LogP) is 3.47. The second kappa shape index (κ2) is 7.61. The number of para-hydroxylation sites is 1. The Labute approximate surface area is 145 Å². The number of carbonyl (C=O) groups is 1. The Morgan fingerprint density at radius 3 is 2.67 bits per heavy atom. The summed E-state index contributed by atoms with van der Waals surface area (Å²) in [5.41, 5.74) is 3.06. The molecule has 0 aliphatic rings. The Kier molecular flexibility index (Phi) is 5.08. The summed E-state index contributed by atoms with van der Waals surface area (Å²) in [4.78, 5) is 14.9. The van der Waals surface area contributed by atoms with Crippen molar-refractivity contribution in [3.05, 3.63) is 71.9 Å². The highest BCUT2D eigenvalue weighted by Crippen LogP contribution is 2.17. The number of hydrogen-bond acceptors (Lipinski definition) is 3. The number of aromatic nitrogens is 1. The van der Waals surface area contributed by atoms with E-state index in [1.807, 2.05) is 60.8 Å². The Hall–Kier alpha value is -2.86. The zero-order valence-electron chi connectivity index (χ0n) is 12.9. The maximum absolute atomic E-state index is 11.7. The van der Waals surface area contributed by atoms with Gasteiger partial charge in [0.2, 0.25) is 0 Å². The van der Waals surface area contributed by atoms with Gasteiger partial charge in [0.15, 0.2) is 5.11 Å². The van der Waals surface area contributed by atoms with Crippen molar-refractivity contribution < 1.29 is 9.53 Å². The molecule has 0 unspecified atom stereocenters. The molecule has 3 aromatic rings. The third-order valence-corrected chi connectivity index (χ3v) is 3.79. The van der Waals surface area contributed by atoms with Crippen LogP contribution in [0.15, 0.2) is 60.8 Å². The van der Waals surface area contributed by atoms with Crippen LogP contribution in [-0.2, 0) is 17.9 Å². The molecule has 0 fully saturated rings. The Balaban J connectivity index is 1.46. The molecule has 1 heterocycles. The first-order valence-electron chi connectivity index (χ1n) is 7.53. The average molecular weight is 339 g/mol. The van der Waals surface area contributed by atoms with Crippen LogP contribution >= 0.6 is 12.2 Å². The molecule has 0 saturated heterocycles. The van der Waals surface area contributed by atoms with Crippen molar-refractivity contribution in [1.82, 2.24) is 15.6 Å². The number of fused-ring (bicyclic) bond motifs is 1. The van der Waals surface area contributed by atoms with Crippen LogP contribution in [0.4, 0.5) is 4.79 Å². The van der Waals surface area contributed by atoms with E-state index in [-0.39, 0.29) is 11.7 Å². The van der Waals surface area contributed by atoms with Gasteiger partial charge in [0.1, 0.15) is 6.61 Å². The molecular formula is C18H17N3O2S. The number of thiocarbonyl (C=S) groups is 1. The minimum atomic E-state index is -0.574. The first kappa shape index (κ1) is 16.0. The van der Waals surface area contributed by atoms with Crippen LogP contribution in [0.3, 0.4) is 0 Å². The summed E-state index contributed by atoms with van der Waals surface area (Å²) in [6.07, 6.45) is 1.35. The molecule has 0 spiro atoms. The minimum absolute atomic E-state index is 0.206. The Morgan fingerprint density at radius 2 is 1.83 bits per heavy atom. The van der Waals surface area contributed by atoms with E-state index in [2.05, 4.69) is 15.6 Å². The zero-order chi connectivity index (χ0) is 16.8. The van der Waals surface area contributed by atoms with Crippen molar-refractivity contribution in [2.45, 2.75) is 13.2 Å². The number of ether oxygens (including phenoxy) is 1. The van der Waals surface area contributed by atoms with Gasteiger partial charge in [-0.2, -0.15) is 0 Å². The number of alkyl carbamates (subject to hydrolysis) is 1. The number of H-pyrrole nitrogens is 1. The molecule has 0 saturated carbocycles. The third kappa shape index (κ3) is 4.11. The van der Waals surface area contributed by atoms with Gasteiger partial charge in [-0.25, -0.2) is 4.79 Å². The lowest BCUT2D eigenvalue weighted by Gasteiger charge is -2.10. The highest BCUT2D eigenvalue weighted by Gasteiger charge is 2.07. The number of nitrogens with one attached hydrogen (secondary N) is 3. The molecular weight excluding hydrogens is 322 g/mol. The first-order valence-corrected chi connectivity index (χ1v) is 7.94. The lowest BCUT2D eigenvalue weighted by Crippen LogP contribution is -2.39. The van der Waals surface area contributed by atoms with E-state index in [0.717, 1.165) is 22.0 Å². The molecule has 1 aromatic heterocycles. The number of carbonyl (C=O) groups excluding carboxylic acids is 1. The van der Waals surface area contributed by atoms with Gasteiger partial charge in [-0.05, 0) is 29.4 Å². The molecule has 24 heavy (non-hydrogen) atoms. The molecule has 3 N–H and O–H groups in total. The molecule has 5 nitrogen and oxygen atoms in total. The summed E-state index contributed by atoms with van der Waals surface area (Å²) in [6, 6.07) is 17.5. The summed E-state index contributed by atoms with van der Waals surface area (Å²) in [5, 5.41) is 6.87. The second-order valence-electron chi connectivity index (χ2n) is 5.23. The van der Waals surface area contributed by atoms with E-state index in [4.69, 9.17) is 17.0 Å². The molecule has 2 aromatic carbocycles. The maximum Gasteiger partial charge on any atom is 0.413 e. The van der Waals surface area contributed by atoms with E-state index >= 15 is 0 Å². The van der Waals surface area contributed by atoms with E-state index in [0.29, 0.717) is 6.54 Å². The van der Waals surface area contributed by atoms with Crippen LogP contribution in [0.25, 0.3) is 10.9 Å². The highest BCUT2D eigenvalue weighted by atomic mass is 32.1. The zero-order valence-corrected chi connectivity index (χ0v) is 13.7. The van der Waals surface area contributed by atoms with E-state index in [9.17, 15) is 4.79 Å². The van der Waals surface area contributed by atoms with Crippen molar-refractivity contribution in [2.24, 2.45) is 0 Å². The van der Waals surface area contributed by atoms with Crippen molar-refractivity contribution in [3.63, 3.8) is 0 Å². The van der Waals surface area contributed by atoms with Crippen molar-refractivity contribution in [3.8, 4) is 0 Å². The smallest absolute Gasteiger partial charge is 0.413 e. The summed E-state index contributed by atoms with van der Waals surface area (Å²) < 4.78 is 5.12. The fourth-order valence-corrected chi connectivity index (χ4v) is 2.50. The molecule has 0 bridgehead atoms. The van der Waals surface area contributed by atoms with Gasteiger partial charge in [-0.3, -0.25) is 5.32 Å². The number of rotatable bonds is 4. The highest BCUT2D eigenvalue weighted by molar-refractivity contribution is 7.80. The van der Waals surface area contributed by atoms with Gasteiger partial charge in [0.05, 0.1) is 0 Å². The van der Waals surface area contributed by atoms with Crippen LogP contribution in [0.2, 0.25) is 0 Å². The topological polar surface area (TPSA) is 66.2 Å². The molecule has 0 aliphatic heterocycles. The summed E-state index contributed by atoms with van der Waals surface area (Å²) in [6.45, 7) is 0.722. The normalized spacial score (nSPS) is 10.3. The van der Waals surface area contributed by atoms with Crippen molar-refractivity contribution in [1.29, 1.82) is 0 Å². The van der Waals surface area contributed by atoms with Gasteiger partial charge in [0, 0.05) is 23.6 Å². The lowest BCUT2D eigenvalue weighted by atomic mass is 10.2. The van der Waals surface area contributed by atoms with Gasteiger partial charge < -0.3 is 15.0 Å². The lowest BCUT2D eigenvalue weighted by molar-refractivity contribution is 0.145. The summed E-state index contributed by atoms with van der Waals surface area (Å²) >= 11 is 5.12. The number of amides is 1. The summed E-state index contributed by atoms with van der Waals surface area (Å²) in [5.74, 6) is 0. The monoisotopic (exact) mass is 339 g/mol. The number of aromatic amines is 1. The van der Waals surface area contributed by atoms with Crippen LogP contribution in [0.1, 0.15) is 11.1 Å². The van der Waals surface area contributed by atoms with E-state index in [1.54, 1.807) is 0 Å². The third-order valence-electron chi connectivity index (χ3n) is 3.54. The van der Waals surface area contributed by atoms with Gasteiger partial charge in [0.25, 0.3) is 0 Å². The molecule has 0 atom stereocenters. The molecule has 3 rings (SSSR count). The number of benzene rings is 2. The molecule has 122 valence electrons. The van der Waals surface area contributed by atoms with Crippen molar-refractivity contribution >= 4 is 34.3 Å². The van der Waals surface area contributed by atoms with Crippen LogP contribution in [0, 0.1) is 0 Å². The second-order valence-corrected chi connectivity index (χ2v) is 5.64. The Bertz CT molecular complexity index is 846. The molecule has 6 heteroatoms. The van der Waals surface area contributed by atoms with E-state index in [1.165, 1.54) is 0 Å². The molecule has 0 radical (unpaired) electrons. The SMILES string of the molecule is O=C(NC(=S)NCc1c[nH]c2ccccc12)OCc1ccccc1. The van der Waals surface area contributed by atoms with Crippen molar-refractivity contribution in [2.75, 3.05) is 0 Å². The van der Waals surface area contributed by atoms with E-state index < -0.39 is 6.09 Å². The molecule has 0 aliphatic carbocycles. The molecule has 1 amide bonds. The average Bonchev–Trinajstić information content (AvgIpc) is 3.02. The largest absolute Gasteiger partial charge is 0.444 e. The standard InChI is InChI=1S/C18H17N3O2S/c22-18(23-12-13-6-2-1-3-7-13)21-17(24)20-11-14-10-19-16-9-5-4-8-15(14)16/h1-10,19H,11-12H2,(H2,20,21,22,24). The minimum Gasteiger partial charge on any atom is -0.444 e. The fraction of sp³-hybridized carbons (Fsp3) is 0.111. The van der Waals surface area contributed by atoms with Crippen LogP contribution in [0.5, 0.6) is 0 Å². The van der Waals surface area contributed by atoms with Crippen LogP contribution in [-0.4, -0.2) is 16.2 Å².